The van der Waals surface area contributed by atoms with Crippen molar-refractivity contribution < 1.29 is 28.3 Å². The van der Waals surface area contributed by atoms with Gasteiger partial charge in [0.05, 0.1) is 30.6 Å². The van der Waals surface area contributed by atoms with Gasteiger partial charge in [-0.25, -0.2) is 9.59 Å². The number of esters is 1. The molecular formula is C16H16ClN3O6. The van der Waals surface area contributed by atoms with Crippen LogP contribution in [-0.2, 0) is 16.1 Å². The molecule has 0 bridgehead atoms. The Labute approximate surface area is 153 Å². The lowest BCUT2D eigenvalue weighted by molar-refractivity contribution is -0.123. The molecule has 3 amide bonds. The number of halogens is 1. The van der Waals surface area contributed by atoms with Gasteiger partial charge in [0.25, 0.3) is 5.91 Å². The van der Waals surface area contributed by atoms with Crippen LogP contribution in [0.2, 0.25) is 5.02 Å². The largest absolute Gasteiger partial charge is 0.496 e. The molecule has 10 heteroatoms. The smallest absolute Gasteiger partial charge is 0.342 e. The van der Waals surface area contributed by atoms with Gasteiger partial charge in [-0.2, -0.15) is 0 Å². The third kappa shape index (κ3) is 5.15. The van der Waals surface area contributed by atoms with Gasteiger partial charge in [-0.05, 0) is 18.2 Å². The first-order chi connectivity index (χ1) is 12.4. The van der Waals surface area contributed by atoms with E-state index in [0.717, 1.165) is 0 Å². The molecule has 9 nitrogen and oxygen atoms in total. The Balaban J connectivity index is 1.84. The predicted molar refractivity (Wildman–Crippen MR) is 91.8 cm³/mol. The van der Waals surface area contributed by atoms with Crippen molar-refractivity contribution >= 4 is 35.2 Å². The second-order valence-corrected chi connectivity index (χ2v) is 5.37. The monoisotopic (exact) mass is 381 g/mol. The minimum Gasteiger partial charge on any atom is -0.496 e. The maximum Gasteiger partial charge on any atom is 0.342 e. The van der Waals surface area contributed by atoms with Gasteiger partial charge in [-0.3, -0.25) is 10.1 Å². The van der Waals surface area contributed by atoms with Crippen LogP contribution >= 0.6 is 11.6 Å². The summed E-state index contributed by atoms with van der Waals surface area (Å²) in [6, 6.07) is 5.20. The Hall–Kier alpha value is -3.20. The lowest BCUT2D eigenvalue weighted by Crippen LogP contribution is -2.41. The number of ether oxygens (including phenoxy) is 2. The molecule has 1 aromatic heterocycles. The number of rotatable bonds is 6. The summed E-state index contributed by atoms with van der Waals surface area (Å²) >= 11 is 5.87. The van der Waals surface area contributed by atoms with Crippen molar-refractivity contribution in [3.8, 4) is 5.75 Å². The molecule has 0 atom stereocenters. The maximum absolute atomic E-state index is 12.1. The van der Waals surface area contributed by atoms with E-state index < -0.39 is 24.5 Å². The number of imide groups is 1. The zero-order chi connectivity index (χ0) is 19.1. The molecule has 0 saturated carbocycles. The second-order valence-electron chi connectivity index (χ2n) is 4.96. The Bertz CT molecular complexity index is 807. The first-order valence-corrected chi connectivity index (χ1v) is 7.68. The highest BCUT2D eigenvalue weighted by Crippen LogP contribution is 2.29. The maximum atomic E-state index is 12.1. The molecule has 0 aliphatic heterocycles. The Kier molecular flexibility index (Phi) is 6.45. The molecule has 0 spiro atoms. The SMILES string of the molecule is COc1cc(N)c(Cl)cc1C(=O)OCC(=O)NC(=O)NCc1ccco1. The molecule has 1 heterocycles. The number of carbonyl (C=O) groups is 3. The number of hydrogen-bond acceptors (Lipinski definition) is 7. The van der Waals surface area contributed by atoms with Crippen LogP contribution in [0.5, 0.6) is 5.75 Å². The van der Waals surface area contributed by atoms with Crippen molar-refractivity contribution in [2.45, 2.75) is 6.54 Å². The van der Waals surface area contributed by atoms with Crippen LogP contribution in [0.4, 0.5) is 10.5 Å². The summed E-state index contributed by atoms with van der Waals surface area (Å²) in [6.45, 7) is -0.564. The van der Waals surface area contributed by atoms with E-state index in [2.05, 4.69) is 5.32 Å². The van der Waals surface area contributed by atoms with E-state index in [1.165, 1.54) is 25.5 Å². The molecule has 0 unspecified atom stereocenters. The van der Waals surface area contributed by atoms with Gasteiger partial charge < -0.3 is 24.9 Å². The highest BCUT2D eigenvalue weighted by Gasteiger charge is 2.18. The van der Waals surface area contributed by atoms with Gasteiger partial charge in [0.2, 0.25) is 0 Å². The highest BCUT2D eigenvalue weighted by molar-refractivity contribution is 6.33. The number of amides is 3. The fourth-order valence-corrected chi connectivity index (χ4v) is 2.06. The van der Waals surface area contributed by atoms with Crippen molar-refractivity contribution in [1.29, 1.82) is 0 Å². The molecule has 0 radical (unpaired) electrons. The third-order valence-corrected chi connectivity index (χ3v) is 3.46. The van der Waals surface area contributed by atoms with Crippen LogP contribution in [0.1, 0.15) is 16.1 Å². The number of urea groups is 1. The fourth-order valence-electron chi connectivity index (χ4n) is 1.89. The van der Waals surface area contributed by atoms with Gasteiger partial charge >= 0.3 is 12.0 Å². The summed E-state index contributed by atoms with van der Waals surface area (Å²) in [6.07, 6.45) is 1.46. The summed E-state index contributed by atoms with van der Waals surface area (Å²) in [5, 5.41) is 4.56. The molecule has 0 saturated heterocycles. The summed E-state index contributed by atoms with van der Waals surface area (Å²) in [5.41, 5.74) is 5.86. The molecule has 138 valence electrons. The van der Waals surface area contributed by atoms with Gasteiger partial charge in [0.1, 0.15) is 17.1 Å². The summed E-state index contributed by atoms with van der Waals surface area (Å²) in [5.74, 6) is -0.995. The number of nitrogens with one attached hydrogen (secondary N) is 2. The minimum absolute atomic E-state index is 0.00164. The number of hydrogen-bond donors (Lipinski definition) is 3. The van der Waals surface area contributed by atoms with E-state index in [1.54, 1.807) is 12.1 Å². The lowest BCUT2D eigenvalue weighted by Gasteiger charge is -2.10. The normalized spacial score (nSPS) is 10.1. The number of nitrogens with two attached hydrogens (primary N) is 1. The number of nitrogen functional groups attached to an aromatic ring is 1. The molecule has 2 rings (SSSR count). The Morgan fingerprint density at radius 1 is 1.31 bits per heavy atom. The molecular weight excluding hydrogens is 366 g/mol. The van der Waals surface area contributed by atoms with Crippen LogP contribution in [0.25, 0.3) is 0 Å². The number of furan rings is 1. The predicted octanol–water partition coefficient (Wildman–Crippen LogP) is 1.71. The summed E-state index contributed by atoms with van der Waals surface area (Å²) in [7, 11) is 1.34. The van der Waals surface area contributed by atoms with Gasteiger partial charge in [-0.1, -0.05) is 11.6 Å². The van der Waals surface area contributed by atoms with Crippen molar-refractivity contribution in [2.75, 3.05) is 19.5 Å². The topological polar surface area (TPSA) is 133 Å². The standard InChI is InChI=1S/C16H16ClN3O6/c1-24-13-6-12(18)11(17)5-10(13)15(22)26-8-14(21)20-16(23)19-7-9-3-2-4-25-9/h2-6H,7-8,18H2,1H3,(H2,19,20,21,23). The molecule has 1 aromatic carbocycles. The average molecular weight is 382 g/mol. The van der Waals surface area contributed by atoms with E-state index in [-0.39, 0.29) is 28.6 Å². The summed E-state index contributed by atoms with van der Waals surface area (Å²) < 4.78 is 14.9. The zero-order valence-corrected chi connectivity index (χ0v) is 14.5. The zero-order valence-electron chi connectivity index (χ0n) is 13.7. The van der Waals surface area contributed by atoms with Crippen LogP contribution in [0.3, 0.4) is 0 Å². The van der Waals surface area contributed by atoms with E-state index in [0.29, 0.717) is 5.76 Å². The van der Waals surface area contributed by atoms with Gasteiger partial charge in [0.15, 0.2) is 6.61 Å². The Morgan fingerprint density at radius 3 is 2.73 bits per heavy atom. The van der Waals surface area contributed by atoms with Crippen LogP contribution in [0.15, 0.2) is 34.9 Å². The molecule has 4 N–H and O–H groups in total. The summed E-state index contributed by atoms with van der Waals surface area (Å²) in [4.78, 5) is 35.3. The number of methoxy groups -OCH3 is 1. The van der Waals surface area contributed by atoms with Gasteiger partial charge in [-0.15, -0.1) is 0 Å². The van der Waals surface area contributed by atoms with Crippen molar-refractivity contribution in [3.63, 3.8) is 0 Å². The van der Waals surface area contributed by atoms with Crippen molar-refractivity contribution in [3.05, 3.63) is 46.9 Å². The van der Waals surface area contributed by atoms with Gasteiger partial charge in [0, 0.05) is 6.07 Å². The third-order valence-electron chi connectivity index (χ3n) is 3.13. The number of carbonyl (C=O) groups excluding carboxylic acids is 3. The molecule has 2 aromatic rings. The van der Waals surface area contributed by atoms with Crippen molar-refractivity contribution in [2.24, 2.45) is 0 Å². The van der Waals surface area contributed by atoms with E-state index in [1.807, 2.05) is 5.32 Å². The fraction of sp³-hybridized carbons (Fsp3) is 0.188. The molecule has 0 aliphatic rings. The van der Waals surface area contributed by atoms with Crippen LogP contribution in [0, 0.1) is 0 Å². The lowest BCUT2D eigenvalue weighted by atomic mass is 10.2. The number of benzene rings is 1. The average Bonchev–Trinajstić information content (AvgIpc) is 3.13. The minimum atomic E-state index is -0.852. The van der Waals surface area contributed by atoms with E-state index in [4.69, 9.17) is 31.2 Å². The van der Waals surface area contributed by atoms with Crippen LogP contribution in [-0.4, -0.2) is 31.6 Å². The van der Waals surface area contributed by atoms with E-state index >= 15 is 0 Å². The second kappa shape index (κ2) is 8.77. The number of anilines is 1. The quantitative estimate of drug-likeness (QED) is 0.512. The van der Waals surface area contributed by atoms with Crippen LogP contribution < -0.4 is 21.1 Å². The highest BCUT2D eigenvalue weighted by atomic mass is 35.5. The first-order valence-electron chi connectivity index (χ1n) is 7.31. The first kappa shape index (κ1) is 19.1. The molecule has 0 aliphatic carbocycles. The molecule has 0 fully saturated rings. The van der Waals surface area contributed by atoms with E-state index in [9.17, 15) is 14.4 Å². The van der Waals surface area contributed by atoms with Crippen molar-refractivity contribution in [1.82, 2.24) is 10.6 Å². The Morgan fingerprint density at radius 2 is 2.08 bits per heavy atom. The molecule has 26 heavy (non-hydrogen) atoms.